The van der Waals surface area contributed by atoms with Crippen molar-refractivity contribution in [3.05, 3.63) is 22.7 Å². The third-order valence-electron chi connectivity index (χ3n) is 2.71. The molecule has 24 heavy (non-hydrogen) atoms. The Hall–Kier alpha value is -2.28. The lowest BCUT2D eigenvalue weighted by atomic mass is 10.2. The molecule has 1 rings (SSSR count). The van der Waals surface area contributed by atoms with E-state index in [1.165, 1.54) is 13.3 Å². The molecule has 0 saturated heterocycles. The Morgan fingerprint density at radius 2 is 2.04 bits per heavy atom. The Morgan fingerprint density at radius 1 is 1.33 bits per heavy atom. The average Bonchev–Trinajstić information content (AvgIpc) is 2.52. The van der Waals surface area contributed by atoms with Gasteiger partial charge in [-0.05, 0) is 38.0 Å². The molecule has 0 unspecified atom stereocenters. The van der Waals surface area contributed by atoms with E-state index in [-0.39, 0.29) is 6.04 Å². The first-order chi connectivity index (χ1) is 11.4. The number of hydrogen-bond donors (Lipinski definition) is 2. The molecule has 0 radical (unpaired) electrons. The molecule has 2 N–H and O–H groups in total. The Bertz CT molecular complexity index is 618. The van der Waals surface area contributed by atoms with Crippen LogP contribution in [0.25, 0.3) is 0 Å². The Labute approximate surface area is 146 Å². The quantitative estimate of drug-likeness (QED) is 0.445. The van der Waals surface area contributed by atoms with Gasteiger partial charge in [0.15, 0.2) is 11.5 Å². The van der Waals surface area contributed by atoms with E-state index in [0.29, 0.717) is 28.7 Å². The highest BCUT2D eigenvalue weighted by Gasteiger charge is 2.14. The third kappa shape index (κ3) is 6.08. The van der Waals surface area contributed by atoms with Crippen LogP contribution in [0.3, 0.4) is 0 Å². The van der Waals surface area contributed by atoms with E-state index in [4.69, 9.17) is 21.1 Å². The number of carbonyl (C=O) groups excluding carboxylic acids is 2. The van der Waals surface area contributed by atoms with Gasteiger partial charge in [0, 0.05) is 6.04 Å². The second-order valence-electron chi connectivity index (χ2n) is 5.21. The number of ether oxygens (including phenoxy) is 2. The molecule has 0 saturated carbocycles. The fourth-order valence-electron chi connectivity index (χ4n) is 1.70. The molecule has 0 spiro atoms. The van der Waals surface area contributed by atoms with E-state index in [1.54, 1.807) is 26.0 Å². The molecule has 1 aromatic rings. The molecule has 132 valence electrons. The van der Waals surface area contributed by atoms with Gasteiger partial charge in [-0.3, -0.25) is 9.59 Å². The highest BCUT2D eigenvalue weighted by atomic mass is 35.5. The molecule has 8 heteroatoms. The molecule has 2 amide bonds. The molecule has 1 aromatic carbocycles. The van der Waals surface area contributed by atoms with Gasteiger partial charge in [-0.15, -0.1) is 0 Å². The highest BCUT2D eigenvalue weighted by molar-refractivity contribution is 6.35. The van der Waals surface area contributed by atoms with E-state index in [9.17, 15) is 9.59 Å². The van der Waals surface area contributed by atoms with Gasteiger partial charge in [0.2, 0.25) is 0 Å². The number of benzene rings is 1. The van der Waals surface area contributed by atoms with Crippen LogP contribution in [0.5, 0.6) is 11.5 Å². The first-order valence-electron chi connectivity index (χ1n) is 7.53. The van der Waals surface area contributed by atoms with Crippen LogP contribution in [-0.4, -0.2) is 37.8 Å². The molecular formula is C16H22ClN3O4. The van der Waals surface area contributed by atoms with Gasteiger partial charge >= 0.3 is 11.8 Å². The largest absolute Gasteiger partial charge is 0.493 e. The number of nitrogens with zero attached hydrogens (tertiary/aromatic N) is 1. The van der Waals surface area contributed by atoms with Crippen molar-refractivity contribution < 1.29 is 19.1 Å². The lowest BCUT2D eigenvalue weighted by molar-refractivity contribution is -0.139. The van der Waals surface area contributed by atoms with Crippen molar-refractivity contribution in [1.29, 1.82) is 0 Å². The van der Waals surface area contributed by atoms with E-state index in [1.807, 2.05) is 6.92 Å². The topological polar surface area (TPSA) is 89.0 Å². The molecule has 0 atom stereocenters. The number of hydrazone groups is 1. The van der Waals surface area contributed by atoms with Crippen molar-refractivity contribution in [2.24, 2.45) is 5.10 Å². The minimum absolute atomic E-state index is 0.133. The lowest BCUT2D eigenvalue weighted by Crippen LogP contribution is -2.41. The molecule has 0 bridgehead atoms. The molecule has 0 fully saturated rings. The summed E-state index contributed by atoms with van der Waals surface area (Å²) in [7, 11) is 1.50. The highest BCUT2D eigenvalue weighted by Crippen LogP contribution is 2.36. The maximum Gasteiger partial charge on any atom is 0.329 e. The zero-order valence-corrected chi connectivity index (χ0v) is 14.9. The number of carbonyl (C=O) groups is 2. The van der Waals surface area contributed by atoms with Crippen LogP contribution < -0.4 is 20.2 Å². The minimum atomic E-state index is -0.846. The SMILES string of the molecule is CCCOc1c(Cl)cc(/C=N\NC(=O)C(=O)NC(C)C)cc1OC. The van der Waals surface area contributed by atoms with Crippen LogP contribution in [0.4, 0.5) is 0 Å². The number of methoxy groups -OCH3 is 1. The number of nitrogens with one attached hydrogen (secondary N) is 2. The van der Waals surface area contributed by atoms with Crippen LogP contribution >= 0.6 is 11.6 Å². The maximum absolute atomic E-state index is 11.5. The number of hydrogen-bond acceptors (Lipinski definition) is 5. The van der Waals surface area contributed by atoms with Crippen LogP contribution in [0.15, 0.2) is 17.2 Å². The maximum atomic E-state index is 11.5. The summed E-state index contributed by atoms with van der Waals surface area (Å²) in [6, 6.07) is 3.16. The monoisotopic (exact) mass is 355 g/mol. The second-order valence-corrected chi connectivity index (χ2v) is 5.62. The van der Waals surface area contributed by atoms with Crippen molar-refractivity contribution in [3.63, 3.8) is 0 Å². The van der Waals surface area contributed by atoms with E-state index in [2.05, 4.69) is 15.8 Å². The Kier molecular flexibility index (Phi) is 8.05. The number of rotatable bonds is 7. The smallest absolute Gasteiger partial charge is 0.329 e. The molecule has 0 aliphatic rings. The molecule has 0 aliphatic carbocycles. The standard InChI is InChI=1S/C16H22ClN3O4/c1-5-6-24-14-12(17)7-11(8-13(14)23-4)9-18-20-16(22)15(21)19-10(2)3/h7-10H,5-6H2,1-4H3,(H,19,21)(H,20,22)/b18-9-. The second kappa shape index (κ2) is 9.77. The van der Waals surface area contributed by atoms with Gasteiger partial charge in [-0.1, -0.05) is 18.5 Å². The summed E-state index contributed by atoms with van der Waals surface area (Å²) in [5.74, 6) is -0.679. The van der Waals surface area contributed by atoms with Gasteiger partial charge < -0.3 is 14.8 Å². The Morgan fingerprint density at radius 3 is 2.62 bits per heavy atom. The van der Waals surface area contributed by atoms with Gasteiger partial charge in [-0.2, -0.15) is 5.10 Å². The van der Waals surface area contributed by atoms with Crippen LogP contribution in [0, 0.1) is 0 Å². The van der Waals surface area contributed by atoms with E-state index >= 15 is 0 Å². The molecule has 0 aromatic heterocycles. The van der Waals surface area contributed by atoms with Gasteiger partial charge in [-0.25, -0.2) is 5.43 Å². The molecule has 7 nitrogen and oxygen atoms in total. The number of amides is 2. The summed E-state index contributed by atoms with van der Waals surface area (Å²) in [6.45, 7) is 6.01. The summed E-state index contributed by atoms with van der Waals surface area (Å²) < 4.78 is 10.8. The fourth-order valence-corrected chi connectivity index (χ4v) is 1.98. The fraction of sp³-hybridized carbons (Fsp3) is 0.438. The van der Waals surface area contributed by atoms with Crippen molar-refractivity contribution in [1.82, 2.24) is 10.7 Å². The summed E-state index contributed by atoms with van der Waals surface area (Å²) in [4.78, 5) is 23.0. The predicted octanol–water partition coefficient (Wildman–Crippen LogP) is 2.11. The van der Waals surface area contributed by atoms with Crippen LogP contribution in [0.2, 0.25) is 5.02 Å². The predicted molar refractivity (Wildman–Crippen MR) is 92.8 cm³/mol. The minimum Gasteiger partial charge on any atom is -0.493 e. The van der Waals surface area contributed by atoms with E-state index < -0.39 is 11.8 Å². The van der Waals surface area contributed by atoms with Crippen LogP contribution in [-0.2, 0) is 9.59 Å². The van der Waals surface area contributed by atoms with E-state index in [0.717, 1.165) is 6.42 Å². The van der Waals surface area contributed by atoms with Gasteiger partial charge in [0.05, 0.1) is 25.0 Å². The summed E-state index contributed by atoms with van der Waals surface area (Å²) in [5, 5.41) is 6.57. The normalized spacial score (nSPS) is 10.8. The van der Waals surface area contributed by atoms with Crippen LogP contribution in [0.1, 0.15) is 32.8 Å². The lowest BCUT2D eigenvalue weighted by Gasteiger charge is -2.12. The molecular weight excluding hydrogens is 334 g/mol. The zero-order valence-electron chi connectivity index (χ0n) is 14.2. The van der Waals surface area contributed by atoms with Crippen molar-refractivity contribution in [3.8, 4) is 11.5 Å². The summed E-state index contributed by atoms with van der Waals surface area (Å²) in [5.41, 5.74) is 2.73. The van der Waals surface area contributed by atoms with Crippen molar-refractivity contribution in [2.75, 3.05) is 13.7 Å². The first kappa shape index (κ1) is 19.8. The van der Waals surface area contributed by atoms with Gasteiger partial charge in [0.25, 0.3) is 0 Å². The Balaban J connectivity index is 2.79. The first-order valence-corrected chi connectivity index (χ1v) is 7.91. The molecule has 0 aliphatic heterocycles. The van der Waals surface area contributed by atoms with Crippen molar-refractivity contribution in [2.45, 2.75) is 33.2 Å². The third-order valence-corrected chi connectivity index (χ3v) is 2.99. The summed E-state index contributed by atoms with van der Waals surface area (Å²) in [6.07, 6.45) is 2.20. The van der Waals surface area contributed by atoms with Gasteiger partial charge in [0.1, 0.15) is 0 Å². The zero-order chi connectivity index (χ0) is 18.1. The summed E-state index contributed by atoms with van der Waals surface area (Å²) >= 11 is 6.18. The molecule has 0 heterocycles. The van der Waals surface area contributed by atoms with Crippen molar-refractivity contribution >= 4 is 29.6 Å². The number of halogens is 1. The average molecular weight is 356 g/mol.